The zero-order valence-corrected chi connectivity index (χ0v) is 15.4. The number of amides is 2. The van der Waals surface area contributed by atoms with E-state index in [1.165, 1.54) is 24.5 Å². The van der Waals surface area contributed by atoms with Gasteiger partial charge in [0.2, 0.25) is 0 Å². The number of rotatable bonds is 4. The Hall–Kier alpha value is -2.65. The quantitative estimate of drug-likeness (QED) is 0.763. The summed E-state index contributed by atoms with van der Waals surface area (Å²) in [7, 11) is 0. The SMILES string of the molecule is O=C(Nc1c(Cl)cncc1Cl)c1ccc(OC(F)F)c2c1NC(=O)C1(CC1)O2. The van der Waals surface area contributed by atoms with E-state index in [1.807, 2.05) is 0 Å². The molecule has 1 saturated carbocycles. The zero-order chi connectivity index (χ0) is 20.1. The molecule has 0 radical (unpaired) electrons. The van der Waals surface area contributed by atoms with Crippen molar-refractivity contribution in [1.29, 1.82) is 0 Å². The van der Waals surface area contributed by atoms with Gasteiger partial charge in [0.15, 0.2) is 17.1 Å². The van der Waals surface area contributed by atoms with Crippen molar-refractivity contribution in [2.45, 2.75) is 25.1 Å². The summed E-state index contributed by atoms with van der Waals surface area (Å²) < 4.78 is 35.6. The van der Waals surface area contributed by atoms with Gasteiger partial charge in [-0.05, 0) is 12.1 Å². The molecule has 146 valence electrons. The highest BCUT2D eigenvalue weighted by Gasteiger charge is 2.56. The molecule has 2 aromatic rings. The Labute approximate surface area is 166 Å². The van der Waals surface area contributed by atoms with Gasteiger partial charge in [-0.25, -0.2) is 0 Å². The highest BCUT2D eigenvalue weighted by atomic mass is 35.5. The normalized spacial score (nSPS) is 16.2. The lowest BCUT2D eigenvalue weighted by Crippen LogP contribution is -2.40. The van der Waals surface area contributed by atoms with E-state index in [2.05, 4.69) is 20.4 Å². The van der Waals surface area contributed by atoms with Gasteiger partial charge in [0.05, 0.1) is 21.3 Å². The van der Waals surface area contributed by atoms with E-state index in [4.69, 9.17) is 27.9 Å². The Morgan fingerprint density at radius 3 is 2.57 bits per heavy atom. The lowest BCUT2D eigenvalue weighted by Gasteiger charge is -2.28. The molecule has 2 heterocycles. The minimum absolute atomic E-state index is 0.0376. The van der Waals surface area contributed by atoms with E-state index in [1.54, 1.807) is 0 Å². The Balaban J connectivity index is 1.74. The number of aromatic nitrogens is 1. The van der Waals surface area contributed by atoms with Crippen molar-refractivity contribution in [3.05, 3.63) is 40.1 Å². The number of ether oxygens (including phenoxy) is 2. The van der Waals surface area contributed by atoms with E-state index >= 15 is 0 Å². The molecule has 1 fully saturated rings. The van der Waals surface area contributed by atoms with Gasteiger partial charge in [-0.1, -0.05) is 23.2 Å². The van der Waals surface area contributed by atoms with Crippen molar-refractivity contribution in [3.8, 4) is 11.5 Å². The lowest BCUT2D eigenvalue weighted by atomic mass is 10.1. The summed E-state index contributed by atoms with van der Waals surface area (Å²) in [6, 6.07) is 2.40. The number of halogens is 4. The molecule has 0 atom stereocenters. The Morgan fingerprint density at radius 1 is 1.29 bits per heavy atom. The second-order valence-electron chi connectivity index (χ2n) is 6.18. The molecular formula is C17H11Cl2F2N3O4. The van der Waals surface area contributed by atoms with Crippen molar-refractivity contribution < 1.29 is 27.8 Å². The third-order valence-corrected chi connectivity index (χ3v) is 4.90. The maximum absolute atomic E-state index is 12.8. The fourth-order valence-corrected chi connectivity index (χ4v) is 3.25. The standard InChI is InChI=1S/C17H11Cl2F2N3O4/c18-8-5-22-6-9(19)12(8)23-14(25)7-1-2-10(27-16(20)21)13-11(7)24-15(26)17(28-13)3-4-17/h1-2,5-6,16H,3-4H2,(H,24,26)(H,22,23,25). The molecule has 0 saturated heterocycles. The summed E-state index contributed by atoms with van der Waals surface area (Å²) in [5, 5.41) is 5.28. The Kier molecular flexibility index (Phi) is 4.51. The van der Waals surface area contributed by atoms with Crippen molar-refractivity contribution in [2.75, 3.05) is 10.6 Å². The number of hydrogen-bond donors (Lipinski definition) is 2. The van der Waals surface area contributed by atoms with Gasteiger partial charge in [0, 0.05) is 25.2 Å². The number of benzene rings is 1. The maximum atomic E-state index is 12.8. The summed E-state index contributed by atoms with van der Waals surface area (Å²) in [5.74, 6) is -1.56. The number of fused-ring (bicyclic) bond motifs is 1. The summed E-state index contributed by atoms with van der Waals surface area (Å²) in [4.78, 5) is 28.9. The van der Waals surface area contributed by atoms with Crippen molar-refractivity contribution in [1.82, 2.24) is 4.98 Å². The van der Waals surface area contributed by atoms with Gasteiger partial charge < -0.3 is 20.1 Å². The number of hydrogen-bond acceptors (Lipinski definition) is 5. The molecule has 28 heavy (non-hydrogen) atoms. The average molecular weight is 430 g/mol. The highest BCUT2D eigenvalue weighted by molar-refractivity contribution is 6.39. The van der Waals surface area contributed by atoms with Gasteiger partial charge in [-0.3, -0.25) is 14.6 Å². The molecule has 1 aliphatic carbocycles. The van der Waals surface area contributed by atoms with Gasteiger partial charge in [-0.2, -0.15) is 8.78 Å². The van der Waals surface area contributed by atoms with E-state index in [0.29, 0.717) is 12.8 Å². The summed E-state index contributed by atoms with van der Waals surface area (Å²) in [5.41, 5.74) is -1.10. The summed E-state index contributed by atoms with van der Waals surface area (Å²) >= 11 is 12.0. The van der Waals surface area contributed by atoms with Crippen LogP contribution in [-0.4, -0.2) is 29.0 Å². The minimum atomic E-state index is -3.10. The van der Waals surface area contributed by atoms with Crippen LogP contribution in [0.25, 0.3) is 0 Å². The predicted molar refractivity (Wildman–Crippen MR) is 96.5 cm³/mol. The van der Waals surface area contributed by atoms with Crippen molar-refractivity contribution in [3.63, 3.8) is 0 Å². The fraction of sp³-hybridized carbons (Fsp3) is 0.235. The molecule has 2 aliphatic rings. The van der Waals surface area contributed by atoms with E-state index in [0.717, 1.165) is 0 Å². The molecular weight excluding hydrogens is 419 g/mol. The van der Waals surface area contributed by atoms with Crippen LogP contribution in [0, 0.1) is 0 Å². The van der Waals surface area contributed by atoms with Crippen LogP contribution >= 0.6 is 23.2 Å². The molecule has 1 aliphatic heterocycles. The van der Waals surface area contributed by atoms with E-state index in [9.17, 15) is 18.4 Å². The topological polar surface area (TPSA) is 89.5 Å². The molecule has 0 bridgehead atoms. The minimum Gasteiger partial charge on any atom is -0.471 e. The monoisotopic (exact) mass is 429 g/mol. The third kappa shape index (κ3) is 3.20. The van der Waals surface area contributed by atoms with Crippen LogP contribution in [0.4, 0.5) is 20.2 Å². The van der Waals surface area contributed by atoms with Crippen LogP contribution in [0.1, 0.15) is 23.2 Å². The van der Waals surface area contributed by atoms with Gasteiger partial charge in [0.1, 0.15) is 5.69 Å². The fourth-order valence-electron chi connectivity index (χ4n) is 2.79. The molecule has 1 aromatic heterocycles. The second-order valence-corrected chi connectivity index (χ2v) is 6.99. The molecule has 11 heteroatoms. The van der Waals surface area contributed by atoms with Crippen LogP contribution in [0.3, 0.4) is 0 Å². The van der Waals surface area contributed by atoms with E-state index < -0.39 is 24.0 Å². The smallest absolute Gasteiger partial charge is 0.387 e. The first-order valence-corrected chi connectivity index (χ1v) is 8.79. The van der Waals surface area contributed by atoms with Crippen LogP contribution in [0.15, 0.2) is 24.5 Å². The predicted octanol–water partition coefficient (Wildman–Crippen LogP) is 4.11. The maximum Gasteiger partial charge on any atom is 0.387 e. The number of nitrogens with zero attached hydrogens (tertiary/aromatic N) is 1. The number of pyridine rings is 1. The average Bonchev–Trinajstić information content (AvgIpc) is 3.40. The second kappa shape index (κ2) is 6.75. The highest BCUT2D eigenvalue weighted by Crippen LogP contribution is 2.51. The number of alkyl halides is 2. The summed E-state index contributed by atoms with van der Waals surface area (Å²) in [6.45, 7) is -3.10. The van der Waals surface area contributed by atoms with Crippen molar-refractivity contribution in [2.24, 2.45) is 0 Å². The first-order chi connectivity index (χ1) is 13.3. The van der Waals surface area contributed by atoms with Gasteiger partial charge in [-0.15, -0.1) is 0 Å². The van der Waals surface area contributed by atoms with Crippen molar-refractivity contribution >= 4 is 46.4 Å². The first-order valence-electron chi connectivity index (χ1n) is 8.03. The number of nitrogens with one attached hydrogen (secondary N) is 2. The van der Waals surface area contributed by atoms with Gasteiger partial charge >= 0.3 is 6.61 Å². The van der Waals surface area contributed by atoms with Crippen LogP contribution < -0.4 is 20.1 Å². The van der Waals surface area contributed by atoms with E-state index in [-0.39, 0.29) is 38.5 Å². The molecule has 2 amide bonds. The van der Waals surface area contributed by atoms with Crippen LogP contribution in [0.2, 0.25) is 10.0 Å². The molecule has 1 aromatic carbocycles. The molecule has 4 rings (SSSR count). The lowest BCUT2D eigenvalue weighted by molar-refractivity contribution is -0.125. The van der Waals surface area contributed by atoms with Crippen LogP contribution in [0.5, 0.6) is 11.5 Å². The number of carbonyl (C=O) groups is 2. The molecule has 1 spiro atoms. The zero-order valence-electron chi connectivity index (χ0n) is 13.9. The molecule has 0 unspecified atom stereocenters. The third-order valence-electron chi connectivity index (χ3n) is 4.33. The van der Waals surface area contributed by atoms with Crippen LogP contribution in [-0.2, 0) is 4.79 Å². The Bertz CT molecular complexity index is 978. The number of anilines is 2. The summed E-state index contributed by atoms with van der Waals surface area (Å²) in [6.07, 6.45) is 3.45. The Morgan fingerprint density at radius 2 is 1.96 bits per heavy atom. The molecule has 7 nitrogen and oxygen atoms in total. The van der Waals surface area contributed by atoms with Gasteiger partial charge in [0.25, 0.3) is 11.8 Å². The number of carbonyl (C=O) groups excluding carboxylic acids is 2. The first kappa shape index (κ1) is 18.7. The largest absolute Gasteiger partial charge is 0.471 e. The molecule has 2 N–H and O–H groups in total.